The van der Waals surface area contributed by atoms with Gasteiger partial charge in [0.15, 0.2) is 0 Å². The third-order valence-electron chi connectivity index (χ3n) is 1.31. The zero-order valence-corrected chi connectivity index (χ0v) is 6.55. The van der Waals surface area contributed by atoms with Crippen LogP contribution < -0.4 is 0 Å². The second-order valence-corrected chi connectivity index (χ2v) is 2.21. The highest BCUT2D eigenvalue weighted by Crippen LogP contribution is 2.04. The molecule has 0 atom stereocenters. The van der Waals surface area contributed by atoms with Crippen LogP contribution in [0.5, 0.6) is 0 Å². The highest BCUT2D eigenvalue weighted by Gasteiger charge is 2.14. The fourth-order valence-corrected chi connectivity index (χ4v) is 0.783. The largest absolute Gasteiger partial charge is 0.346 e. The number of rotatable bonds is 0. The second-order valence-electron chi connectivity index (χ2n) is 2.21. The number of amides is 1. The molecule has 0 saturated carbocycles. The highest BCUT2D eigenvalue weighted by atomic mass is 16.2. The molecule has 0 aromatic carbocycles. The fraction of sp³-hybridized carbons (Fsp3) is 0.625. The van der Waals surface area contributed by atoms with E-state index in [0.29, 0.717) is 5.91 Å². The summed E-state index contributed by atoms with van der Waals surface area (Å²) in [6, 6.07) is 0. The maximum Gasteiger partial charge on any atom is 0.222 e. The average Bonchev–Trinajstić information content (AvgIpc) is 2.19. The van der Waals surface area contributed by atoms with Crippen LogP contribution in [0, 0.1) is 12.3 Å². The predicted octanol–water partition coefficient (Wildman–Crippen LogP) is 0.878. The van der Waals surface area contributed by atoms with E-state index in [-0.39, 0.29) is 0 Å². The summed E-state index contributed by atoms with van der Waals surface area (Å²) in [6.07, 6.45) is 6.41. The molecule has 1 aliphatic rings. The van der Waals surface area contributed by atoms with Gasteiger partial charge < -0.3 is 4.90 Å². The maximum absolute atomic E-state index is 10.5. The Morgan fingerprint density at radius 2 is 2.20 bits per heavy atom. The van der Waals surface area contributed by atoms with Crippen LogP contribution in [0.2, 0.25) is 0 Å². The smallest absolute Gasteiger partial charge is 0.222 e. The molecule has 0 aliphatic carbocycles. The van der Waals surface area contributed by atoms with Gasteiger partial charge in [-0.2, -0.15) is 0 Å². The van der Waals surface area contributed by atoms with Crippen molar-refractivity contribution in [3.05, 3.63) is 0 Å². The first-order chi connectivity index (χ1) is 4.72. The van der Waals surface area contributed by atoms with Crippen LogP contribution in [0.3, 0.4) is 0 Å². The molecule has 2 heteroatoms. The lowest BCUT2D eigenvalue weighted by atomic mass is 10.4. The van der Waals surface area contributed by atoms with E-state index in [2.05, 4.69) is 12.3 Å². The molecular weight excluding hydrogens is 126 g/mol. The standard InChI is InChI=1S/C5H9NO.C3H4/c1-6-4-2-3-5(6)7;1-3-2/h2-4H2,1H3;1H,2H3. The van der Waals surface area contributed by atoms with E-state index >= 15 is 0 Å². The molecule has 0 unspecified atom stereocenters. The summed E-state index contributed by atoms with van der Waals surface area (Å²) in [5, 5.41) is 0. The van der Waals surface area contributed by atoms with Gasteiger partial charge in [-0.25, -0.2) is 0 Å². The molecule has 10 heavy (non-hydrogen) atoms. The molecule has 1 aliphatic heterocycles. The molecule has 1 amide bonds. The van der Waals surface area contributed by atoms with Gasteiger partial charge in [0.05, 0.1) is 0 Å². The molecule has 2 nitrogen and oxygen atoms in total. The van der Waals surface area contributed by atoms with Gasteiger partial charge in [0.25, 0.3) is 0 Å². The molecule has 56 valence electrons. The van der Waals surface area contributed by atoms with Crippen LogP contribution in [-0.2, 0) is 4.79 Å². The van der Waals surface area contributed by atoms with E-state index in [9.17, 15) is 4.79 Å². The number of terminal acetylenes is 1. The van der Waals surface area contributed by atoms with Gasteiger partial charge in [-0.05, 0) is 13.3 Å². The van der Waals surface area contributed by atoms with Crippen molar-refractivity contribution >= 4 is 5.91 Å². The Morgan fingerprint density at radius 3 is 2.30 bits per heavy atom. The first kappa shape index (κ1) is 9.03. The van der Waals surface area contributed by atoms with Gasteiger partial charge >= 0.3 is 0 Å². The van der Waals surface area contributed by atoms with Crippen LogP contribution in [0.1, 0.15) is 19.8 Å². The van der Waals surface area contributed by atoms with E-state index in [0.717, 1.165) is 19.4 Å². The first-order valence-electron chi connectivity index (χ1n) is 3.33. The van der Waals surface area contributed by atoms with Gasteiger partial charge in [-0.1, -0.05) is 0 Å². The Labute approximate surface area is 62.2 Å². The molecule has 0 radical (unpaired) electrons. The van der Waals surface area contributed by atoms with Crippen molar-refractivity contribution in [2.75, 3.05) is 13.6 Å². The molecule has 0 bridgehead atoms. The maximum atomic E-state index is 10.5. The topological polar surface area (TPSA) is 20.3 Å². The summed E-state index contributed by atoms with van der Waals surface area (Å²) < 4.78 is 0. The summed E-state index contributed by atoms with van der Waals surface area (Å²) >= 11 is 0. The van der Waals surface area contributed by atoms with Gasteiger partial charge in [-0.15, -0.1) is 12.3 Å². The summed E-state index contributed by atoms with van der Waals surface area (Å²) in [7, 11) is 1.84. The summed E-state index contributed by atoms with van der Waals surface area (Å²) in [5.41, 5.74) is 0. The lowest BCUT2D eigenvalue weighted by Crippen LogP contribution is -2.17. The monoisotopic (exact) mass is 139 g/mol. The van der Waals surface area contributed by atoms with Crippen LogP contribution in [0.4, 0.5) is 0 Å². The van der Waals surface area contributed by atoms with Crippen LogP contribution in [0.25, 0.3) is 0 Å². The minimum atomic E-state index is 0.292. The van der Waals surface area contributed by atoms with Crippen LogP contribution >= 0.6 is 0 Å². The molecule has 1 saturated heterocycles. The molecule has 0 aromatic heterocycles. The molecule has 1 rings (SSSR count). The van der Waals surface area contributed by atoms with E-state index < -0.39 is 0 Å². The normalized spacial score (nSPS) is 15.7. The second kappa shape index (κ2) is 4.87. The number of likely N-dealkylation sites (tertiary alicyclic amines) is 1. The lowest BCUT2D eigenvalue weighted by Gasteiger charge is -2.03. The minimum Gasteiger partial charge on any atom is -0.346 e. The highest BCUT2D eigenvalue weighted by molar-refractivity contribution is 5.77. The van der Waals surface area contributed by atoms with Gasteiger partial charge in [0.1, 0.15) is 0 Å². The van der Waals surface area contributed by atoms with Crippen molar-refractivity contribution in [3.8, 4) is 12.3 Å². The average molecular weight is 139 g/mol. The minimum absolute atomic E-state index is 0.292. The van der Waals surface area contributed by atoms with Crippen molar-refractivity contribution in [2.45, 2.75) is 19.8 Å². The SMILES string of the molecule is C#CC.CN1CCCC1=O. The molecule has 0 aromatic rings. The first-order valence-corrected chi connectivity index (χ1v) is 3.33. The zero-order valence-electron chi connectivity index (χ0n) is 6.55. The predicted molar refractivity (Wildman–Crippen MR) is 41.4 cm³/mol. The Morgan fingerprint density at radius 1 is 1.70 bits per heavy atom. The van der Waals surface area contributed by atoms with Crippen LogP contribution in [-0.4, -0.2) is 24.4 Å². The third kappa shape index (κ3) is 3.13. The summed E-state index contributed by atoms with van der Waals surface area (Å²) in [6.45, 7) is 2.61. The molecular formula is C8H13NO. The van der Waals surface area contributed by atoms with Crippen molar-refractivity contribution in [1.82, 2.24) is 4.90 Å². The Hall–Kier alpha value is -0.970. The van der Waals surface area contributed by atoms with E-state index in [1.807, 2.05) is 7.05 Å². The molecule has 1 heterocycles. The van der Waals surface area contributed by atoms with Gasteiger partial charge in [-0.3, -0.25) is 4.79 Å². The lowest BCUT2D eigenvalue weighted by molar-refractivity contribution is -0.126. The van der Waals surface area contributed by atoms with Crippen molar-refractivity contribution < 1.29 is 4.79 Å². The molecule has 0 N–H and O–H groups in total. The Kier molecular flexibility index (Phi) is 4.39. The summed E-state index contributed by atoms with van der Waals surface area (Å²) in [4.78, 5) is 12.3. The number of hydrogen-bond acceptors (Lipinski definition) is 1. The van der Waals surface area contributed by atoms with E-state index in [4.69, 9.17) is 0 Å². The zero-order chi connectivity index (χ0) is 7.98. The van der Waals surface area contributed by atoms with E-state index in [1.54, 1.807) is 11.8 Å². The number of nitrogens with zero attached hydrogens (tertiary/aromatic N) is 1. The van der Waals surface area contributed by atoms with Gasteiger partial charge in [0.2, 0.25) is 5.91 Å². The third-order valence-corrected chi connectivity index (χ3v) is 1.31. The summed E-state index contributed by atoms with van der Waals surface area (Å²) in [5.74, 6) is 2.54. The van der Waals surface area contributed by atoms with Gasteiger partial charge in [0, 0.05) is 20.0 Å². The molecule has 1 fully saturated rings. The fourth-order valence-electron chi connectivity index (χ4n) is 0.783. The van der Waals surface area contributed by atoms with Crippen molar-refractivity contribution in [3.63, 3.8) is 0 Å². The number of carbonyl (C=O) groups excluding carboxylic acids is 1. The number of hydrogen-bond donors (Lipinski definition) is 0. The van der Waals surface area contributed by atoms with Crippen molar-refractivity contribution in [1.29, 1.82) is 0 Å². The molecule has 0 spiro atoms. The number of carbonyl (C=O) groups is 1. The Bertz CT molecular complexity index is 146. The van der Waals surface area contributed by atoms with E-state index in [1.165, 1.54) is 0 Å². The Balaban J connectivity index is 0.000000236. The van der Waals surface area contributed by atoms with Crippen LogP contribution in [0.15, 0.2) is 0 Å². The van der Waals surface area contributed by atoms with Crippen molar-refractivity contribution in [2.24, 2.45) is 0 Å². The quantitative estimate of drug-likeness (QED) is 0.456.